The first-order valence-corrected chi connectivity index (χ1v) is 9.92. The Labute approximate surface area is 144 Å². The van der Waals surface area contributed by atoms with Gasteiger partial charge in [-0.3, -0.25) is 0 Å². The molecule has 0 unspecified atom stereocenters. The number of nitrogens with zero attached hydrogens (tertiary/aromatic N) is 3. The molecule has 9 heteroatoms. The summed E-state index contributed by atoms with van der Waals surface area (Å²) >= 11 is 1.35. The molecule has 0 bridgehead atoms. The van der Waals surface area contributed by atoms with Gasteiger partial charge >= 0.3 is 0 Å². The first kappa shape index (κ1) is 16.7. The average molecular weight is 361 g/mol. The number of thioether (sulfide) groups is 1. The van der Waals surface area contributed by atoms with Gasteiger partial charge in [-0.2, -0.15) is 0 Å². The summed E-state index contributed by atoms with van der Waals surface area (Å²) in [5, 5.41) is 8.98. The van der Waals surface area contributed by atoms with Gasteiger partial charge in [0, 0.05) is 11.6 Å². The standard InChI is InChI=1S/C15H15N5O2S2/c1-17-12-14(18-10-6-7-10)19-13(20-15(12)23-2)9-4-3-5-11(8-9)24(16,21)22/h3-5,8,10H,6-7H2,2H3,(H2,16,21,22)(H,18,19,20). The monoisotopic (exact) mass is 361 g/mol. The van der Waals surface area contributed by atoms with Gasteiger partial charge in [0.15, 0.2) is 5.82 Å². The zero-order valence-corrected chi connectivity index (χ0v) is 14.5. The van der Waals surface area contributed by atoms with Crippen molar-refractivity contribution in [2.45, 2.75) is 28.8 Å². The fourth-order valence-corrected chi connectivity index (χ4v) is 3.21. The summed E-state index contributed by atoms with van der Waals surface area (Å²) in [7, 11) is -3.81. The lowest BCUT2D eigenvalue weighted by Crippen LogP contribution is -2.12. The number of hydrogen-bond acceptors (Lipinski definition) is 6. The summed E-state index contributed by atoms with van der Waals surface area (Å²) in [5.41, 5.74) is 0.924. The molecule has 2 aromatic rings. The summed E-state index contributed by atoms with van der Waals surface area (Å²) in [6, 6.07) is 6.50. The van der Waals surface area contributed by atoms with Crippen LogP contribution in [0.4, 0.5) is 11.5 Å². The van der Waals surface area contributed by atoms with Crippen LogP contribution in [0.3, 0.4) is 0 Å². The topological polar surface area (TPSA) is 102 Å². The van der Waals surface area contributed by atoms with Crippen molar-refractivity contribution in [3.05, 3.63) is 35.7 Å². The molecule has 1 aliphatic carbocycles. The third kappa shape index (κ3) is 3.51. The SMILES string of the molecule is [C-]#[N+]c1c(NC2CC2)nc(-c2cccc(S(N)(=O)=O)c2)nc1SC. The van der Waals surface area contributed by atoms with Crippen LogP contribution in [0, 0.1) is 6.57 Å². The van der Waals surface area contributed by atoms with Crippen molar-refractivity contribution in [2.75, 3.05) is 11.6 Å². The highest BCUT2D eigenvalue weighted by Gasteiger charge is 2.25. The van der Waals surface area contributed by atoms with Crippen LogP contribution in [0.25, 0.3) is 16.2 Å². The van der Waals surface area contributed by atoms with E-state index in [0.29, 0.717) is 34.0 Å². The molecule has 1 aromatic heterocycles. The molecule has 0 amide bonds. The van der Waals surface area contributed by atoms with Crippen LogP contribution in [-0.2, 0) is 10.0 Å². The molecule has 1 fully saturated rings. The molecule has 24 heavy (non-hydrogen) atoms. The number of aromatic nitrogens is 2. The number of rotatable bonds is 5. The third-order valence-corrected chi connectivity index (χ3v) is 5.08. The summed E-state index contributed by atoms with van der Waals surface area (Å²) in [5.74, 6) is 0.850. The van der Waals surface area contributed by atoms with Crippen LogP contribution in [0.1, 0.15) is 12.8 Å². The van der Waals surface area contributed by atoms with Crippen LogP contribution < -0.4 is 10.5 Å². The van der Waals surface area contributed by atoms with E-state index < -0.39 is 10.0 Å². The van der Waals surface area contributed by atoms with Crippen molar-refractivity contribution in [1.29, 1.82) is 0 Å². The predicted molar refractivity (Wildman–Crippen MR) is 93.5 cm³/mol. The van der Waals surface area contributed by atoms with E-state index in [9.17, 15) is 8.42 Å². The molecule has 3 rings (SSSR count). The number of sulfonamides is 1. The number of hydrogen-bond donors (Lipinski definition) is 2. The van der Waals surface area contributed by atoms with E-state index in [1.54, 1.807) is 12.1 Å². The van der Waals surface area contributed by atoms with Gasteiger partial charge < -0.3 is 5.32 Å². The van der Waals surface area contributed by atoms with Gasteiger partial charge in [0.1, 0.15) is 10.8 Å². The molecule has 1 heterocycles. The van der Waals surface area contributed by atoms with E-state index in [2.05, 4.69) is 20.1 Å². The Kier molecular flexibility index (Phi) is 4.45. The molecule has 1 aromatic carbocycles. The molecule has 1 saturated carbocycles. The van der Waals surface area contributed by atoms with Crippen molar-refractivity contribution < 1.29 is 8.42 Å². The number of anilines is 1. The van der Waals surface area contributed by atoms with Gasteiger partial charge in [0.2, 0.25) is 10.0 Å². The molecule has 0 spiro atoms. The maximum Gasteiger partial charge on any atom is 0.259 e. The molecular weight excluding hydrogens is 346 g/mol. The number of nitrogens with two attached hydrogens (primary N) is 1. The van der Waals surface area contributed by atoms with E-state index in [-0.39, 0.29) is 4.90 Å². The second-order valence-corrected chi connectivity index (χ2v) is 7.71. The van der Waals surface area contributed by atoms with Crippen LogP contribution in [0.5, 0.6) is 0 Å². The Balaban J connectivity index is 2.12. The largest absolute Gasteiger partial charge is 0.376 e. The highest BCUT2D eigenvalue weighted by atomic mass is 32.2. The maximum absolute atomic E-state index is 11.5. The van der Waals surface area contributed by atoms with Crippen LogP contribution in [0.2, 0.25) is 0 Å². The van der Waals surface area contributed by atoms with Gasteiger partial charge in [-0.15, -0.1) is 11.8 Å². The molecule has 3 N–H and O–H groups in total. The van der Waals surface area contributed by atoms with E-state index in [1.165, 1.54) is 23.9 Å². The smallest absolute Gasteiger partial charge is 0.259 e. The fourth-order valence-electron chi connectivity index (χ4n) is 2.14. The van der Waals surface area contributed by atoms with Crippen molar-refractivity contribution >= 4 is 33.3 Å². The fraction of sp³-hybridized carbons (Fsp3) is 0.267. The quantitative estimate of drug-likeness (QED) is 0.482. The van der Waals surface area contributed by atoms with Gasteiger partial charge in [-0.25, -0.2) is 28.4 Å². The second-order valence-electron chi connectivity index (χ2n) is 5.36. The zero-order chi connectivity index (χ0) is 17.3. The summed E-state index contributed by atoms with van der Waals surface area (Å²) < 4.78 is 23.1. The zero-order valence-electron chi connectivity index (χ0n) is 12.9. The molecule has 7 nitrogen and oxygen atoms in total. The minimum Gasteiger partial charge on any atom is -0.376 e. The molecule has 0 radical (unpaired) electrons. The minimum absolute atomic E-state index is 0.000240. The highest BCUT2D eigenvalue weighted by molar-refractivity contribution is 7.98. The molecule has 0 aliphatic heterocycles. The van der Waals surface area contributed by atoms with Crippen molar-refractivity contribution in [1.82, 2.24) is 9.97 Å². The first-order chi connectivity index (χ1) is 11.4. The van der Waals surface area contributed by atoms with E-state index >= 15 is 0 Å². The Morgan fingerprint density at radius 2 is 2.12 bits per heavy atom. The Bertz CT molecular complexity index is 933. The lowest BCUT2D eigenvalue weighted by atomic mass is 10.2. The average Bonchev–Trinajstić information content (AvgIpc) is 3.37. The maximum atomic E-state index is 11.5. The summed E-state index contributed by atoms with van der Waals surface area (Å²) in [4.78, 5) is 12.4. The van der Waals surface area contributed by atoms with Gasteiger partial charge in [-0.1, -0.05) is 12.1 Å². The molecular formula is C15H15N5O2S2. The second kappa shape index (κ2) is 6.39. The Hall–Kier alpha value is -2.15. The van der Waals surface area contributed by atoms with Crippen LogP contribution >= 0.6 is 11.8 Å². The van der Waals surface area contributed by atoms with Gasteiger partial charge in [-0.05, 0) is 31.2 Å². The summed E-state index contributed by atoms with van der Waals surface area (Å²) in [6.07, 6.45) is 3.93. The molecule has 0 saturated heterocycles. The lowest BCUT2D eigenvalue weighted by molar-refractivity contribution is 0.598. The third-order valence-electron chi connectivity index (χ3n) is 3.50. The predicted octanol–water partition coefficient (Wildman–Crippen LogP) is 2.64. The highest BCUT2D eigenvalue weighted by Crippen LogP contribution is 2.37. The number of benzene rings is 1. The van der Waals surface area contributed by atoms with E-state index in [1.807, 2.05) is 6.26 Å². The molecule has 1 aliphatic rings. The lowest BCUT2D eigenvalue weighted by Gasteiger charge is -2.12. The minimum atomic E-state index is -3.81. The van der Waals surface area contributed by atoms with E-state index in [4.69, 9.17) is 11.7 Å². The first-order valence-electron chi connectivity index (χ1n) is 7.15. The van der Waals surface area contributed by atoms with Crippen molar-refractivity contribution in [3.63, 3.8) is 0 Å². The van der Waals surface area contributed by atoms with Crippen molar-refractivity contribution in [3.8, 4) is 11.4 Å². The van der Waals surface area contributed by atoms with Crippen molar-refractivity contribution in [2.24, 2.45) is 5.14 Å². The Morgan fingerprint density at radius 3 is 2.71 bits per heavy atom. The van der Waals surface area contributed by atoms with Gasteiger partial charge in [0.25, 0.3) is 5.69 Å². The van der Waals surface area contributed by atoms with Crippen LogP contribution in [0.15, 0.2) is 34.2 Å². The molecule has 0 atom stereocenters. The molecule has 124 valence electrons. The van der Waals surface area contributed by atoms with Crippen LogP contribution in [-0.4, -0.2) is 30.7 Å². The number of primary sulfonamides is 1. The normalized spacial score (nSPS) is 14.2. The summed E-state index contributed by atoms with van der Waals surface area (Å²) in [6.45, 7) is 7.38. The number of nitrogens with one attached hydrogen (secondary N) is 1. The van der Waals surface area contributed by atoms with Gasteiger partial charge in [0.05, 0.1) is 11.5 Å². The van der Waals surface area contributed by atoms with E-state index in [0.717, 1.165) is 12.8 Å². The Morgan fingerprint density at radius 1 is 1.38 bits per heavy atom.